The summed E-state index contributed by atoms with van der Waals surface area (Å²) >= 11 is 0. The van der Waals surface area contributed by atoms with E-state index in [-0.39, 0.29) is 36.4 Å². The summed E-state index contributed by atoms with van der Waals surface area (Å²) in [6.07, 6.45) is -0.577. The number of benzene rings is 5. The van der Waals surface area contributed by atoms with Gasteiger partial charge in [-0.2, -0.15) is 0 Å². The predicted molar refractivity (Wildman–Crippen MR) is 185 cm³/mol. The lowest BCUT2D eigenvalue weighted by Crippen LogP contribution is -2.34. The number of carbonyl (C=O) groups excluding carboxylic acids is 2. The minimum Gasteiger partial charge on any atom is -0.497 e. The van der Waals surface area contributed by atoms with Crippen LogP contribution in [0.5, 0.6) is 11.5 Å². The second-order valence-corrected chi connectivity index (χ2v) is 12.4. The van der Waals surface area contributed by atoms with E-state index in [1.807, 2.05) is 24.3 Å². The van der Waals surface area contributed by atoms with Gasteiger partial charge in [-0.3, -0.25) is 9.59 Å². The summed E-state index contributed by atoms with van der Waals surface area (Å²) < 4.78 is 32.0. The summed E-state index contributed by atoms with van der Waals surface area (Å²) in [7, 11) is 3.31. The molecule has 3 aliphatic rings. The van der Waals surface area contributed by atoms with Crippen LogP contribution in [0, 0.1) is 0 Å². The van der Waals surface area contributed by atoms with Gasteiger partial charge in [0, 0.05) is 21.0 Å². The van der Waals surface area contributed by atoms with E-state index in [9.17, 15) is 9.59 Å². The zero-order valence-electron chi connectivity index (χ0n) is 27.9. The van der Waals surface area contributed by atoms with E-state index < -0.39 is 5.41 Å². The maximum Gasteiger partial charge on any atom is 0.308 e. The molecule has 5 atom stereocenters. The van der Waals surface area contributed by atoms with Gasteiger partial charge in [0.2, 0.25) is 0 Å². The summed E-state index contributed by atoms with van der Waals surface area (Å²) in [4.78, 5) is 22.3. The van der Waals surface area contributed by atoms with Crippen LogP contribution in [0.1, 0.15) is 36.1 Å². The Morgan fingerprint density at radius 1 is 0.633 bits per heavy atom. The molecule has 0 spiro atoms. The monoisotopic (exact) mass is 658 g/mol. The molecule has 8 nitrogen and oxygen atoms in total. The van der Waals surface area contributed by atoms with Gasteiger partial charge in [-0.05, 0) is 80.6 Å². The molecule has 5 aromatic carbocycles. The standard InChI is InChI=1S/C32H24O3.C9H14O5/c1-21(33)35-27-17-13-25(14-18-27)32(24-11-15-26(34-2)16-12-24)30-10-6-5-9-28(30)29-19-22-7-3-4-8-23(22)20-31(29)32;1-5(10)14-7-4-13-8-6(11-2)3-12-9(7)8/h3-20H,1-2H3;6-9H,3-4H2,1-2H3. The molecule has 0 N–H and O–H groups in total. The Bertz CT molecular complexity index is 1990. The molecule has 0 bridgehead atoms. The number of ether oxygens (including phenoxy) is 6. The minimum absolute atomic E-state index is 0.0411. The Morgan fingerprint density at radius 3 is 1.82 bits per heavy atom. The van der Waals surface area contributed by atoms with Gasteiger partial charge in [0.25, 0.3) is 0 Å². The summed E-state index contributed by atoms with van der Waals surface area (Å²) in [5, 5.41) is 2.42. The fourth-order valence-corrected chi connectivity index (χ4v) is 7.48. The fraction of sp³-hybridized carbons (Fsp3) is 0.268. The van der Waals surface area contributed by atoms with Crippen LogP contribution in [-0.2, 0) is 34.0 Å². The van der Waals surface area contributed by atoms with Gasteiger partial charge in [0.1, 0.15) is 29.8 Å². The van der Waals surface area contributed by atoms with Crippen molar-refractivity contribution in [1.29, 1.82) is 0 Å². The SMILES string of the molecule is COC1COC2C(OC(C)=O)COC12.COc1ccc(C2(c3ccc(OC(C)=O)cc3)c3ccccc3-c3cc4ccccc4cc32)cc1. The molecule has 2 fully saturated rings. The van der Waals surface area contributed by atoms with Gasteiger partial charge >= 0.3 is 11.9 Å². The van der Waals surface area contributed by atoms with Crippen LogP contribution < -0.4 is 9.47 Å². The molecular weight excluding hydrogens is 620 g/mol. The summed E-state index contributed by atoms with van der Waals surface area (Å²) in [5.74, 6) is 0.727. The van der Waals surface area contributed by atoms with Crippen LogP contribution in [0.15, 0.2) is 109 Å². The zero-order chi connectivity index (χ0) is 34.1. The molecule has 8 heteroatoms. The largest absolute Gasteiger partial charge is 0.497 e. The molecule has 5 unspecified atom stereocenters. The molecule has 49 heavy (non-hydrogen) atoms. The number of rotatable bonds is 6. The van der Waals surface area contributed by atoms with Gasteiger partial charge in [-0.25, -0.2) is 0 Å². The molecular formula is C41H38O8. The molecule has 8 rings (SSSR count). The molecule has 0 aromatic heterocycles. The van der Waals surface area contributed by atoms with Crippen molar-refractivity contribution in [2.24, 2.45) is 0 Å². The Hall–Kier alpha value is -5.02. The quantitative estimate of drug-likeness (QED) is 0.142. The van der Waals surface area contributed by atoms with Gasteiger partial charge in [-0.1, -0.05) is 72.8 Å². The van der Waals surface area contributed by atoms with E-state index in [2.05, 4.69) is 84.9 Å². The first-order valence-corrected chi connectivity index (χ1v) is 16.3. The van der Waals surface area contributed by atoms with Crippen molar-refractivity contribution in [3.63, 3.8) is 0 Å². The van der Waals surface area contributed by atoms with Crippen LogP contribution in [0.25, 0.3) is 21.9 Å². The third-order valence-corrected chi connectivity index (χ3v) is 9.57. The van der Waals surface area contributed by atoms with Crippen LogP contribution >= 0.6 is 0 Å². The highest BCUT2D eigenvalue weighted by atomic mass is 16.6. The van der Waals surface area contributed by atoms with Crippen LogP contribution in [0.4, 0.5) is 0 Å². The molecule has 2 saturated heterocycles. The number of methoxy groups -OCH3 is 2. The summed E-state index contributed by atoms with van der Waals surface area (Å²) in [6, 6.07) is 38.0. The zero-order valence-corrected chi connectivity index (χ0v) is 27.9. The van der Waals surface area contributed by atoms with Gasteiger partial charge < -0.3 is 28.4 Å². The van der Waals surface area contributed by atoms with Crippen LogP contribution in [0.2, 0.25) is 0 Å². The van der Waals surface area contributed by atoms with Crippen LogP contribution in [0.3, 0.4) is 0 Å². The molecule has 1 aliphatic carbocycles. The molecule has 0 saturated carbocycles. The lowest BCUT2D eigenvalue weighted by molar-refractivity contribution is -0.151. The highest BCUT2D eigenvalue weighted by molar-refractivity contribution is 5.95. The maximum atomic E-state index is 11.5. The first kappa shape index (κ1) is 32.5. The average molecular weight is 659 g/mol. The molecule has 5 aromatic rings. The van der Waals surface area contributed by atoms with E-state index in [4.69, 9.17) is 28.4 Å². The second kappa shape index (κ2) is 13.5. The van der Waals surface area contributed by atoms with Crippen molar-refractivity contribution in [2.75, 3.05) is 27.4 Å². The summed E-state index contributed by atoms with van der Waals surface area (Å²) in [5.41, 5.74) is 6.67. The normalized spacial score (nSPS) is 23.1. The summed E-state index contributed by atoms with van der Waals surface area (Å²) in [6.45, 7) is 3.70. The molecule has 250 valence electrons. The second-order valence-electron chi connectivity index (χ2n) is 12.4. The van der Waals surface area contributed by atoms with E-state index >= 15 is 0 Å². The van der Waals surface area contributed by atoms with E-state index in [0.717, 1.165) is 16.9 Å². The first-order valence-electron chi connectivity index (χ1n) is 16.3. The fourth-order valence-electron chi connectivity index (χ4n) is 7.48. The number of hydrogen-bond acceptors (Lipinski definition) is 8. The molecule has 0 radical (unpaired) electrons. The number of esters is 2. The van der Waals surface area contributed by atoms with Crippen LogP contribution in [-0.4, -0.2) is 63.8 Å². The lowest BCUT2D eigenvalue weighted by atomic mass is 9.67. The topological polar surface area (TPSA) is 89.5 Å². The first-order chi connectivity index (χ1) is 23.8. The predicted octanol–water partition coefficient (Wildman–Crippen LogP) is 6.87. The Balaban J connectivity index is 0.000000226. The Morgan fingerprint density at radius 2 is 1.20 bits per heavy atom. The van der Waals surface area contributed by atoms with Gasteiger partial charge in [0.05, 0.1) is 25.7 Å². The van der Waals surface area contributed by atoms with E-state index in [0.29, 0.717) is 19.0 Å². The Labute approximate surface area is 285 Å². The smallest absolute Gasteiger partial charge is 0.308 e. The van der Waals surface area contributed by atoms with E-state index in [1.165, 1.54) is 46.9 Å². The third-order valence-electron chi connectivity index (χ3n) is 9.57. The molecule has 2 heterocycles. The maximum absolute atomic E-state index is 11.5. The Kier molecular flexibility index (Phi) is 8.94. The van der Waals surface area contributed by atoms with Crippen molar-refractivity contribution < 1.29 is 38.0 Å². The highest BCUT2D eigenvalue weighted by Gasteiger charge is 2.49. The van der Waals surface area contributed by atoms with Crippen molar-refractivity contribution in [3.05, 3.63) is 131 Å². The van der Waals surface area contributed by atoms with Crippen molar-refractivity contribution in [2.45, 2.75) is 43.7 Å². The molecule has 2 aliphatic heterocycles. The highest BCUT2D eigenvalue weighted by Crippen LogP contribution is 2.57. The van der Waals surface area contributed by atoms with E-state index in [1.54, 1.807) is 14.2 Å². The lowest BCUT2D eigenvalue weighted by Gasteiger charge is -2.34. The third kappa shape index (κ3) is 5.86. The molecule has 0 amide bonds. The number of fused-ring (bicyclic) bond motifs is 5. The number of hydrogen-bond donors (Lipinski definition) is 0. The number of carbonyl (C=O) groups is 2. The van der Waals surface area contributed by atoms with Gasteiger partial charge in [-0.15, -0.1) is 0 Å². The van der Waals surface area contributed by atoms with Crippen molar-refractivity contribution >= 4 is 22.7 Å². The van der Waals surface area contributed by atoms with Crippen molar-refractivity contribution in [3.8, 4) is 22.6 Å². The minimum atomic E-state index is -0.531. The van der Waals surface area contributed by atoms with Gasteiger partial charge in [0.15, 0.2) is 6.10 Å². The average Bonchev–Trinajstić information content (AvgIpc) is 3.79. The van der Waals surface area contributed by atoms with Crippen molar-refractivity contribution in [1.82, 2.24) is 0 Å².